The van der Waals surface area contributed by atoms with Crippen LogP contribution in [0, 0.1) is 0 Å². The molecule has 0 saturated heterocycles. The maximum Gasteiger partial charge on any atom is 0.124 e. The molecule has 1 N–H and O–H groups in total. The van der Waals surface area contributed by atoms with Gasteiger partial charge >= 0.3 is 0 Å². The van der Waals surface area contributed by atoms with Crippen molar-refractivity contribution in [3.05, 3.63) is 28.2 Å². The number of ether oxygens (including phenoxy) is 2. The first-order chi connectivity index (χ1) is 9.79. The smallest absolute Gasteiger partial charge is 0.124 e. The number of benzene rings is 1. The zero-order valence-electron chi connectivity index (χ0n) is 12.2. The third kappa shape index (κ3) is 5.08. The molecule has 2 rings (SSSR count). The maximum atomic E-state index is 6.21. The number of nitrogens with one attached hydrogen (secondary N) is 1. The van der Waals surface area contributed by atoms with Crippen molar-refractivity contribution >= 4 is 15.9 Å². The van der Waals surface area contributed by atoms with Crippen molar-refractivity contribution in [1.82, 2.24) is 5.32 Å². The van der Waals surface area contributed by atoms with Crippen molar-refractivity contribution in [1.29, 1.82) is 0 Å². The number of rotatable bonds is 7. The highest BCUT2D eigenvalue weighted by Crippen LogP contribution is 2.28. The summed E-state index contributed by atoms with van der Waals surface area (Å²) in [4.78, 5) is 0. The standard InChI is InChI=1S/C16H24BrNO2/c1-19-10-9-18-12-13-11-14(17)7-8-16(13)20-15-5-3-2-4-6-15/h7-8,11,15,18H,2-6,9-10,12H2,1H3. The zero-order valence-corrected chi connectivity index (χ0v) is 13.7. The largest absolute Gasteiger partial charge is 0.490 e. The van der Waals surface area contributed by atoms with Gasteiger partial charge < -0.3 is 14.8 Å². The summed E-state index contributed by atoms with van der Waals surface area (Å²) in [5.41, 5.74) is 1.21. The number of hydrogen-bond donors (Lipinski definition) is 1. The molecule has 4 heteroatoms. The van der Waals surface area contributed by atoms with Crippen LogP contribution in [0.3, 0.4) is 0 Å². The van der Waals surface area contributed by atoms with Crippen LogP contribution in [0.2, 0.25) is 0 Å². The summed E-state index contributed by atoms with van der Waals surface area (Å²) in [7, 11) is 1.72. The van der Waals surface area contributed by atoms with Crippen molar-refractivity contribution in [3.63, 3.8) is 0 Å². The minimum absolute atomic E-state index is 0.391. The molecule has 112 valence electrons. The maximum absolute atomic E-state index is 6.21. The normalized spacial score (nSPS) is 16.3. The molecule has 0 heterocycles. The summed E-state index contributed by atoms with van der Waals surface area (Å²) in [6.07, 6.45) is 6.71. The highest BCUT2D eigenvalue weighted by atomic mass is 79.9. The molecule has 0 radical (unpaired) electrons. The van der Waals surface area contributed by atoms with E-state index in [9.17, 15) is 0 Å². The summed E-state index contributed by atoms with van der Waals surface area (Å²) >= 11 is 3.54. The first kappa shape index (κ1) is 15.8. The fraction of sp³-hybridized carbons (Fsp3) is 0.625. The van der Waals surface area contributed by atoms with Gasteiger partial charge in [0.05, 0.1) is 12.7 Å². The predicted octanol–water partition coefficient (Wildman–Crippen LogP) is 3.90. The molecule has 1 fully saturated rings. The summed E-state index contributed by atoms with van der Waals surface area (Å²) in [6.45, 7) is 2.39. The fourth-order valence-corrected chi connectivity index (χ4v) is 2.97. The molecule has 0 unspecified atom stereocenters. The van der Waals surface area contributed by atoms with Crippen molar-refractivity contribution in [2.75, 3.05) is 20.3 Å². The molecule has 1 saturated carbocycles. The fourth-order valence-electron chi connectivity index (χ4n) is 2.56. The van der Waals surface area contributed by atoms with Gasteiger partial charge in [-0.1, -0.05) is 22.4 Å². The molecule has 0 bridgehead atoms. The second kappa shape index (κ2) is 8.65. The number of methoxy groups -OCH3 is 1. The molecule has 0 atom stereocenters. The first-order valence-corrected chi connectivity index (χ1v) is 8.23. The lowest BCUT2D eigenvalue weighted by atomic mass is 9.97. The summed E-state index contributed by atoms with van der Waals surface area (Å²) in [5, 5.41) is 3.38. The minimum atomic E-state index is 0.391. The van der Waals surface area contributed by atoms with Gasteiger partial charge in [-0.3, -0.25) is 0 Å². The Morgan fingerprint density at radius 2 is 2.05 bits per heavy atom. The molecule has 1 aliphatic carbocycles. The molecule has 0 aliphatic heterocycles. The van der Waals surface area contributed by atoms with E-state index in [0.29, 0.717) is 6.10 Å². The van der Waals surface area contributed by atoms with Gasteiger partial charge in [0.25, 0.3) is 0 Å². The Kier molecular flexibility index (Phi) is 6.83. The van der Waals surface area contributed by atoms with Crippen molar-refractivity contribution in [2.24, 2.45) is 0 Å². The lowest BCUT2D eigenvalue weighted by Gasteiger charge is -2.24. The van der Waals surface area contributed by atoms with Crippen molar-refractivity contribution < 1.29 is 9.47 Å². The van der Waals surface area contributed by atoms with E-state index in [4.69, 9.17) is 9.47 Å². The van der Waals surface area contributed by atoms with Crippen LogP contribution in [0.25, 0.3) is 0 Å². The molecule has 1 aromatic carbocycles. The predicted molar refractivity (Wildman–Crippen MR) is 85.2 cm³/mol. The lowest BCUT2D eigenvalue weighted by Crippen LogP contribution is -2.22. The molecule has 3 nitrogen and oxygen atoms in total. The van der Waals surface area contributed by atoms with E-state index < -0.39 is 0 Å². The Labute approximate surface area is 130 Å². The van der Waals surface area contributed by atoms with Gasteiger partial charge in [-0.2, -0.15) is 0 Å². The van der Waals surface area contributed by atoms with Crippen LogP contribution in [-0.4, -0.2) is 26.4 Å². The monoisotopic (exact) mass is 341 g/mol. The van der Waals surface area contributed by atoms with Crippen LogP contribution in [0.5, 0.6) is 5.75 Å². The third-order valence-corrected chi connectivity index (χ3v) is 4.16. The number of hydrogen-bond acceptors (Lipinski definition) is 3. The van der Waals surface area contributed by atoms with Crippen LogP contribution in [-0.2, 0) is 11.3 Å². The average molecular weight is 342 g/mol. The topological polar surface area (TPSA) is 30.5 Å². The van der Waals surface area contributed by atoms with E-state index in [1.54, 1.807) is 7.11 Å². The Morgan fingerprint density at radius 1 is 1.25 bits per heavy atom. The molecule has 0 aromatic heterocycles. The van der Waals surface area contributed by atoms with Gasteiger partial charge in [0, 0.05) is 30.2 Å². The first-order valence-electron chi connectivity index (χ1n) is 7.44. The molecule has 20 heavy (non-hydrogen) atoms. The second-order valence-corrected chi connectivity index (χ2v) is 6.22. The summed E-state index contributed by atoms with van der Waals surface area (Å²) in [5.74, 6) is 1.02. The quantitative estimate of drug-likeness (QED) is 0.763. The van der Waals surface area contributed by atoms with Gasteiger partial charge in [-0.25, -0.2) is 0 Å². The van der Waals surface area contributed by atoms with Crippen molar-refractivity contribution in [3.8, 4) is 5.75 Å². The van der Waals surface area contributed by atoms with Crippen LogP contribution < -0.4 is 10.1 Å². The molecular weight excluding hydrogens is 318 g/mol. The van der Waals surface area contributed by atoms with E-state index >= 15 is 0 Å². The zero-order chi connectivity index (χ0) is 14.2. The van der Waals surface area contributed by atoms with E-state index in [-0.39, 0.29) is 0 Å². The van der Waals surface area contributed by atoms with Gasteiger partial charge in [0.2, 0.25) is 0 Å². The summed E-state index contributed by atoms with van der Waals surface area (Å²) in [6, 6.07) is 6.26. The van der Waals surface area contributed by atoms with Crippen LogP contribution in [0.4, 0.5) is 0 Å². The van der Waals surface area contributed by atoms with Gasteiger partial charge in [0.1, 0.15) is 5.75 Å². The van der Waals surface area contributed by atoms with E-state index in [2.05, 4.69) is 39.4 Å². The van der Waals surface area contributed by atoms with Gasteiger partial charge in [-0.05, 0) is 43.9 Å². The highest BCUT2D eigenvalue weighted by molar-refractivity contribution is 9.10. The van der Waals surface area contributed by atoms with Gasteiger partial charge in [-0.15, -0.1) is 0 Å². The molecular formula is C16H24BrNO2. The van der Waals surface area contributed by atoms with Crippen LogP contribution >= 0.6 is 15.9 Å². The Morgan fingerprint density at radius 3 is 2.80 bits per heavy atom. The Hall–Kier alpha value is -0.580. The molecule has 0 spiro atoms. The van der Waals surface area contributed by atoms with E-state index in [1.165, 1.54) is 37.7 Å². The van der Waals surface area contributed by atoms with E-state index in [0.717, 1.165) is 29.9 Å². The minimum Gasteiger partial charge on any atom is -0.490 e. The SMILES string of the molecule is COCCNCc1cc(Br)ccc1OC1CCCCC1. The highest BCUT2D eigenvalue weighted by Gasteiger charge is 2.16. The third-order valence-electron chi connectivity index (χ3n) is 3.67. The molecule has 0 amide bonds. The Bertz CT molecular complexity index is 405. The number of halogens is 1. The van der Waals surface area contributed by atoms with Crippen molar-refractivity contribution in [2.45, 2.75) is 44.8 Å². The van der Waals surface area contributed by atoms with Gasteiger partial charge in [0.15, 0.2) is 0 Å². The van der Waals surface area contributed by atoms with Crippen LogP contribution in [0.1, 0.15) is 37.7 Å². The van der Waals surface area contributed by atoms with Crippen LogP contribution in [0.15, 0.2) is 22.7 Å². The lowest BCUT2D eigenvalue weighted by molar-refractivity contribution is 0.153. The Balaban J connectivity index is 1.95. The molecule has 1 aromatic rings. The second-order valence-electron chi connectivity index (χ2n) is 5.30. The average Bonchev–Trinajstić information content (AvgIpc) is 2.47. The van der Waals surface area contributed by atoms with E-state index in [1.807, 2.05) is 0 Å². The molecule has 1 aliphatic rings. The summed E-state index contributed by atoms with van der Waals surface area (Å²) < 4.78 is 12.4.